The maximum absolute atomic E-state index is 14.0. The van der Waals surface area contributed by atoms with Gasteiger partial charge in [0.2, 0.25) is 0 Å². The lowest BCUT2D eigenvalue weighted by atomic mass is 9.88. The fraction of sp³-hybridized carbons (Fsp3) is 0.724. The summed E-state index contributed by atoms with van der Waals surface area (Å²) in [5.41, 5.74) is 0.274. The first-order valence-corrected chi connectivity index (χ1v) is 12.9. The lowest BCUT2D eigenvalue weighted by Crippen LogP contribution is -2.17. The Hall–Kier alpha value is -1.62. The van der Waals surface area contributed by atoms with Gasteiger partial charge in [0.15, 0.2) is 0 Å². The number of hydrogen-bond donors (Lipinski definition) is 1. The number of rotatable bonds is 7. The van der Waals surface area contributed by atoms with Crippen molar-refractivity contribution in [3.63, 3.8) is 0 Å². The zero-order valence-electron chi connectivity index (χ0n) is 23.7. The van der Waals surface area contributed by atoms with Gasteiger partial charge < -0.3 is 5.11 Å². The van der Waals surface area contributed by atoms with Gasteiger partial charge in [-0.25, -0.2) is 8.78 Å². The summed E-state index contributed by atoms with van der Waals surface area (Å²) in [6.07, 6.45) is 6.81. The number of aliphatic hydroxyl groups is 1. The Labute approximate surface area is 208 Å². The number of benzene rings is 1. The highest BCUT2D eigenvalue weighted by Gasteiger charge is 2.20. The minimum Gasteiger partial charge on any atom is -0.386 e. The highest BCUT2D eigenvalue weighted by Crippen LogP contribution is 2.30. The molecule has 0 amide bonds. The first kappa shape index (κ1) is 34.5. The van der Waals surface area contributed by atoms with E-state index in [4.69, 9.17) is 0 Å². The predicted molar refractivity (Wildman–Crippen MR) is 144 cm³/mol. The van der Waals surface area contributed by atoms with E-state index in [-0.39, 0.29) is 18.0 Å². The number of ketones is 1. The minimum atomic E-state index is -1.33. The standard InChI is InChI=1S/C15H22FNO.C7H13FO.C5H10.C2H6/c1-6-7-11(3)17-14-10(2)8-12(9-13(14)16)15(4,5)18;1-4-6(9)5-7(2,3)8;1-5-3-2-4-5;1-2/h8-9,18H,6-7H2,1-5H3;4-5H2,1-3H3;5H,2-4H2,1H3;1-2H3. The van der Waals surface area contributed by atoms with E-state index in [0.29, 0.717) is 17.7 Å². The van der Waals surface area contributed by atoms with Crippen LogP contribution in [-0.2, 0) is 10.4 Å². The highest BCUT2D eigenvalue weighted by molar-refractivity contribution is 5.85. The van der Waals surface area contributed by atoms with Crippen molar-refractivity contribution in [3.05, 3.63) is 29.1 Å². The van der Waals surface area contributed by atoms with Gasteiger partial charge in [0.05, 0.1) is 5.60 Å². The Balaban J connectivity index is 0. The number of aryl methyl sites for hydroxylation is 1. The summed E-state index contributed by atoms with van der Waals surface area (Å²) in [6, 6.07) is 3.16. The monoisotopic (exact) mass is 483 g/mol. The summed E-state index contributed by atoms with van der Waals surface area (Å²) >= 11 is 0. The molecule has 0 unspecified atom stereocenters. The summed E-state index contributed by atoms with van der Waals surface area (Å²) in [7, 11) is 0. The van der Waals surface area contributed by atoms with E-state index in [1.165, 1.54) is 39.2 Å². The first-order chi connectivity index (χ1) is 15.6. The maximum atomic E-state index is 14.0. The minimum absolute atomic E-state index is 0.0116. The molecule has 3 nitrogen and oxygen atoms in total. The molecule has 1 fully saturated rings. The quantitative estimate of drug-likeness (QED) is 0.393. The number of hydrogen-bond acceptors (Lipinski definition) is 3. The van der Waals surface area contributed by atoms with Crippen LogP contribution in [0.2, 0.25) is 0 Å². The van der Waals surface area contributed by atoms with Gasteiger partial charge in [0, 0.05) is 18.6 Å². The van der Waals surface area contributed by atoms with Crippen molar-refractivity contribution in [2.75, 3.05) is 0 Å². The van der Waals surface area contributed by atoms with Crippen LogP contribution in [0.15, 0.2) is 17.1 Å². The second kappa shape index (κ2) is 16.9. The molecule has 0 bridgehead atoms. The summed E-state index contributed by atoms with van der Waals surface area (Å²) < 4.78 is 26.6. The van der Waals surface area contributed by atoms with Crippen LogP contribution in [0.5, 0.6) is 0 Å². The molecule has 1 saturated carbocycles. The molecule has 0 heterocycles. The molecule has 0 aromatic heterocycles. The van der Waals surface area contributed by atoms with Crippen molar-refractivity contribution >= 4 is 17.2 Å². The lowest BCUT2D eigenvalue weighted by Gasteiger charge is -2.19. The van der Waals surface area contributed by atoms with Gasteiger partial charge in [-0.2, -0.15) is 0 Å². The molecule has 0 saturated heterocycles. The van der Waals surface area contributed by atoms with Crippen molar-refractivity contribution in [2.45, 2.75) is 132 Å². The zero-order chi connectivity index (χ0) is 27.1. The number of Topliss-reactive ketones (excluding diaryl/α,β-unsaturated/α-hetero) is 1. The van der Waals surface area contributed by atoms with Crippen LogP contribution in [0, 0.1) is 18.7 Å². The second-order valence-corrected chi connectivity index (χ2v) is 10.1. The second-order valence-electron chi connectivity index (χ2n) is 10.1. The molecule has 1 aromatic carbocycles. The molecule has 34 heavy (non-hydrogen) atoms. The fourth-order valence-corrected chi connectivity index (χ4v) is 3.05. The Morgan fingerprint density at radius 1 is 1.15 bits per heavy atom. The Bertz CT molecular complexity index is 716. The molecule has 1 aliphatic rings. The van der Waals surface area contributed by atoms with Crippen LogP contribution in [-0.4, -0.2) is 22.3 Å². The molecule has 1 aromatic rings. The predicted octanol–water partition coefficient (Wildman–Crippen LogP) is 9.19. The van der Waals surface area contributed by atoms with E-state index in [1.807, 2.05) is 27.7 Å². The number of aliphatic imine (C=N–C) groups is 1. The van der Waals surface area contributed by atoms with Gasteiger partial charge in [-0.3, -0.25) is 9.79 Å². The maximum Gasteiger partial charge on any atom is 0.149 e. The van der Waals surface area contributed by atoms with Crippen LogP contribution in [0.3, 0.4) is 0 Å². The summed E-state index contributed by atoms with van der Waals surface area (Å²) in [6.45, 7) is 20.0. The van der Waals surface area contributed by atoms with Crippen LogP contribution in [0.4, 0.5) is 14.5 Å². The number of alkyl halides is 1. The van der Waals surface area contributed by atoms with Gasteiger partial charge in [-0.05, 0) is 71.1 Å². The summed E-state index contributed by atoms with van der Waals surface area (Å²) in [5.74, 6) is 0.681. The third-order valence-corrected chi connectivity index (χ3v) is 5.28. The van der Waals surface area contributed by atoms with Gasteiger partial charge >= 0.3 is 0 Å². The Morgan fingerprint density at radius 2 is 1.65 bits per heavy atom. The molecule has 2 rings (SSSR count). The molecule has 0 radical (unpaired) electrons. The Morgan fingerprint density at radius 3 is 1.91 bits per heavy atom. The average molecular weight is 484 g/mol. The number of nitrogens with zero attached hydrogens (tertiary/aromatic N) is 1. The van der Waals surface area contributed by atoms with Crippen molar-refractivity contribution in [1.82, 2.24) is 0 Å². The molecule has 5 heteroatoms. The fourth-order valence-electron chi connectivity index (χ4n) is 3.05. The third-order valence-electron chi connectivity index (χ3n) is 5.28. The third kappa shape index (κ3) is 16.1. The summed E-state index contributed by atoms with van der Waals surface area (Å²) in [5, 5.41) is 9.89. The van der Waals surface area contributed by atoms with Crippen molar-refractivity contribution < 1.29 is 18.7 Å². The normalized spacial score (nSPS) is 13.9. The van der Waals surface area contributed by atoms with Gasteiger partial charge in [-0.1, -0.05) is 66.4 Å². The number of halogens is 2. The smallest absolute Gasteiger partial charge is 0.149 e. The largest absolute Gasteiger partial charge is 0.386 e. The highest BCUT2D eigenvalue weighted by atomic mass is 19.1. The Kier molecular flexibility index (Phi) is 17.2. The molecule has 0 aliphatic heterocycles. The van der Waals surface area contributed by atoms with E-state index in [1.54, 1.807) is 26.8 Å². The van der Waals surface area contributed by atoms with Crippen LogP contribution >= 0.6 is 0 Å². The van der Waals surface area contributed by atoms with Gasteiger partial charge in [-0.15, -0.1) is 0 Å². The van der Waals surface area contributed by atoms with Gasteiger partial charge in [0.1, 0.15) is 23.0 Å². The number of carbonyl (C=O) groups is 1. The first-order valence-electron chi connectivity index (χ1n) is 12.9. The molecular formula is C29H51F2NO2. The van der Waals surface area contributed by atoms with E-state index in [2.05, 4.69) is 18.8 Å². The summed E-state index contributed by atoms with van der Waals surface area (Å²) in [4.78, 5) is 14.9. The lowest BCUT2D eigenvalue weighted by molar-refractivity contribution is -0.120. The van der Waals surface area contributed by atoms with E-state index in [9.17, 15) is 18.7 Å². The topological polar surface area (TPSA) is 49.7 Å². The van der Waals surface area contributed by atoms with Crippen LogP contribution in [0.1, 0.15) is 125 Å². The SMILES string of the molecule is CC.CC1CCC1.CCC(=O)CC(C)(C)F.CCCC(C)=Nc1c(C)cc(C(C)(C)O)cc1F. The van der Waals surface area contributed by atoms with Crippen molar-refractivity contribution in [1.29, 1.82) is 0 Å². The van der Waals surface area contributed by atoms with Crippen LogP contribution < -0.4 is 0 Å². The van der Waals surface area contributed by atoms with Crippen LogP contribution in [0.25, 0.3) is 0 Å². The van der Waals surface area contributed by atoms with E-state index < -0.39 is 11.3 Å². The molecule has 0 atom stereocenters. The number of carbonyl (C=O) groups excluding carboxylic acids is 1. The molecule has 198 valence electrons. The average Bonchev–Trinajstić information content (AvgIpc) is 2.69. The van der Waals surface area contributed by atoms with E-state index >= 15 is 0 Å². The molecular weight excluding hydrogens is 432 g/mol. The van der Waals surface area contributed by atoms with E-state index in [0.717, 1.165) is 30.0 Å². The van der Waals surface area contributed by atoms with Gasteiger partial charge in [0.25, 0.3) is 0 Å². The molecule has 1 N–H and O–H groups in total. The van der Waals surface area contributed by atoms with Crippen molar-refractivity contribution in [3.8, 4) is 0 Å². The molecule has 0 spiro atoms. The molecule has 1 aliphatic carbocycles. The zero-order valence-corrected chi connectivity index (χ0v) is 23.7. The van der Waals surface area contributed by atoms with Crippen molar-refractivity contribution in [2.24, 2.45) is 10.9 Å².